The fourth-order valence-corrected chi connectivity index (χ4v) is 5.64. The van der Waals surface area contributed by atoms with E-state index in [2.05, 4.69) is 20.8 Å². The number of ketones is 1. The van der Waals surface area contributed by atoms with Crippen LogP contribution in [-0.2, 0) is 4.79 Å². The summed E-state index contributed by atoms with van der Waals surface area (Å²) in [4.78, 5) is 12.2. The molecule has 124 valence electrons. The molecule has 0 aromatic heterocycles. The molecule has 0 heterocycles. The van der Waals surface area contributed by atoms with Crippen LogP contribution in [-0.4, -0.2) is 28.2 Å². The maximum atomic E-state index is 12.2. The Morgan fingerprint density at radius 3 is 2.55 bits per heavy atom. The average Bonchev–Trinajstić information content (AvgIpc) is 2.44. The van der Waals surface area contributed by atoms with E-state index in [9.17, 15) is 15.0 Å². The first-order chi connectivity index (χ1) is 10.2. The maximum Gasteiger partial charge on any atom is 0.135 e. The van der Waals surface area contributed by atoms with Gasteiger partial charge in [-0.1, -0.05) is 32.4 Å². The Balaban J connectivity index is 1.99. The van der Waals surface area contributed by atoms with Gasteiger partial charge in [0.05, 0.1) is 12.2 Å². The van der Waals surface area contributed by atoms with E-state index in [0.717, 1.165) is 25.7 Å². The first-order valence-corrected chi connectivity index (χ1v) is 8.78. The minimum Gasteiger partial charge on any atom is -0.393 e. The van der Waals surface area contributed by atoms with Crippen molar-refractivity contribution in [3.8, 4) is 0 Å². The monoisotopic (exact) mass is 306 g/mol. The number of fused-ring (bicyclic) bond motifs is 3. The largest absolute Gasteiger partial charge is 0.393 e. The summed E-state index contributed by atoms with van der Waals surface area (Å²) in [5.74, 6) is 1.04. The standard InChI is InChI=1S/C19H30O3/c1-11-17-15(6-8-18(11,3)12(2)20)19(4)7-5-14(21)9-13(19)10-16(17)22/h10-11,14-17,21-22H,5-9H2,1-4H3. The summed E-state index contributed by atoms with van der Waals surface area (Å²) in [7, 11) is 0. The molecule has 2 saturated carbocycles. The van der Waals surface area contributed by atoms with Gasteiger partial charge >= 0.3 is 0 Å². The van der Waals surface area contributed by atoms with Crippen molar-refractivity contribution in [2.45, 2.75) is 72.0 Å². The molecule has 0 aromatic carbocycles. The van der Waals surface area contributed by atoms with Crippen molar-refractivity contribution in [3.63, 3.8) is 0 Å². The molecule has 3 heteroatoms. The summed E-state index contributed by atoms with van der Waals surface area (Å²) >= 11 is 0. The predicted molar refractivity (Wildman–Crippen MR) is 86.2 cm³/mol. The van der Waals surface area contributed by atoms with Gasteiger partial charge in [-0.3, -0.25) is 4.79 Å². The maximum absolute atomic E-state index is 12.2. The van der Waals surface area contributed by atoms with Crippen molar-refractivity contribution in [2.24, 2.45) is 28.6 Å². The number of aliphatic hydroxyl groups is 2. The van der Waals surface area contributed by atoms with Crippen LogP contribution >= 0.6 is 0 Å². The lowest BCUT2D eigenvalue weighted by molar-refractivity contribution is -0.141. The normalized spacial score (nSPS) is 51.5. The molecular weight excluding hydrogens is 276 g/mol. The zero-order valence-corrected chi connectivity index (χ0v) is 14.3. The van der Waals surface area contributed by atoms with Crippen molar-refractivity contribution >= 4 is 5.78 Å². The second-order valence-corrected chi connectivity index (χ2v) is 8.48. The fourth-order valence-electron chi connectivity index (χ4n) is 5.64. The van der Waals surface area contributed by atoms with Crippen molar-refractivity contribution in [1.82, 2.24) is 0 Å². The van der Waals surface area contributed by atoms with E-state index in [1.165, 1.54) is 5.57 Å². The first kappa shape index (κ1) is 16.2. The quantitative estimate of drug-likeness (QED) is 0.732. The van der Waals surface area contributed by atoms with Gasteiger partial charge in [-0.2, -0.15) is 0 Å². The molecule has 7 unspecified atom stereocenters. The van der Waals surface area contributed by atoms with E-state index in [1.807, 2.05) is 6.08 Å². The van der Waals surface area contributed by atoms with E-state index in [0.29, 0.717) is 12.3 Å². The van der Waals surface area contributed by atoms with E-state index >= 15 is 0 Å². The van der Waals surface area contributed by atoms with Gasteiger partial charge in [0.2, 0.25) is 0 Å². The molecule has 0 amide bonds. The molecule has 0 radical (unpaired) electrons. The molecule has 2 N–H and O–H groups in total. The predicted octanol–water partition coefficient (Wildman–Crippen LogP) is 3.10. The average molecular weight is 306 g/mol. The van der Waals surface area contributed by atoms with Crippen LogP contribution in [0.15, 0.2) is 11.6 Å². The van der Waals surface area contributed by atoms with E-state index in [4.69, 9.17) is 0 Å². The molecule has 3 rings (SSSR count). The van der Waals surface area contributed by atoms with Crippen LogP contribution in [0.2, 0.25) is 0 Å². The first-order valence-electron chi connectivity index (χ1n) is 8.78. The summed E-state index contributed by atoms with van der Waals surface area (Å²) in [5.41, 5.74) is 1.03. The Morgan fingerprint density at radius 2 is 1.91 bits per heavy atom. The summed E-state index contributed by atoms with van der Waals surface area (Å²) in [5, 5.41) is 20.7. The molecule has 0 spiro atoms. The SMILES string of the molecule is CC(=O)C1(C)CCC2C(C(O)C=C3CC(O)CCC32C)C1C. The van der Waals surface area contributed by atoms with Crippen LogP contribution in [0.25, 0.3) is 0 Å². The zero-order valence-electron chi connectivity index (χ0n) is 14.3. The molecule has 2 fully saturated rings. The van der Waals surface area contributed by atoms with Gasteiger partial charge < -0.3 is 10.2 Å². The topological polar surface area (TPSA) is 57.5 Å². The molecular formula is C19H30O3. The van der Waals surface area contributed by atoms with Gasteiger partial charge in [0.1, 0.15) is 5.78 Å². The number of hydrogen-bond acceptors (Lipinski definition) is 3. The minimum absolute atomic E-state index is 0.0928. The van der Waals surface area contributed by atoms with Gasteiger partial charge in [-0.15, -0.1) is 0 Å². The summed E-state index contributed by atoms with van der Waals surface area (Å²) in [6.07, 6.45) is 5.75. The lowest BCUT2D eigenvalue weighted by Gasteiger charge is -2.58. The van der Waals surface area contributed by atoms with Gasteiger partial charge in [0.15, 0.2) is 0 Å². The van der Waals surface area contributed by atoms with E-state index < -0.39 is 6.10 Å². The number of rotatable bonds is 1. The molecule has 0 bridgehead atoms. The molecule has 7 atom stereocenters. The van der Waals surface area contributed by atoms with Crippen LogP contribution in [0.5, 0.6) is 0 Å². The third-order valence-corrected chi connectivity index (χ3v) is 7.60. The molecule has 0 aliphatic heterocycles. The van der Waals surface area contributed by atoms with Gasteiger partial charge in [0, 0.05) is 5.41 Å². The van der Waals surface area contributed by atoms with Crippen LogP contribution in [0.3, 0.4) is 0 Å². The third-order valence-electron chi connectivity index (χ3n) is 7.60. The number of aliphatic hydroxyl groups excluding tert-OH is 2. The van der Waals surface area contributed by atoms with Crippen molar-refractivity contribution in [3.05, 3.63) is 11.6 Å². The molecule has 3 nitrogen and oxygen atoms in total. The van der Waals surface area contributed by atoms with Gasteiger partial charge in [-0.05, 0) is 62.2 Å². The van der Waals surface area contributed by atoms with Gasteiger partial charge in [0.25, 0.3) is 0 Å². The lowest BCUT2D eigenvalue weighted by atomic mass is 9.46. The highest BCUT2D eigenvalue weighted by Crippen LogP contribution is 2.61. The van der Waals surface area contributed by atoms with Gasteiger partial charge in [-0.25, -0.2) is 0 Å². The Labute approximate surface area is 133 Å². The molecule has 0 saturated heterocycles. The highest BCUT2D eigenvalue weighted by atomic mass is 16.3. The summed E-state index contributed by atoms with van der Waals surface area (Å²) in [6.45, 7) is 8.25. The van der Waals surface area contributed by atoms with Crippen LogP contribution in [0, 0.1) is 28.6 Å². The fraction of sp³-hybridized carbons (Fsp3) is 0.842. The van der Waals surface area contributed by atoms with Crippen LogP contribution < -0.4 is 0 Å². The van der Waals surface area contributed by atoms with Crippen LogP contribution in [0.1, 0.15) is 59.8 Å². The number of carbonyl (C=O) groups excluding carboxylic acids is 1. The molecule has 3 aliphatic carbocycles. The van der Waals surface area contributed by atoms with Crippen molar-refractivity contribution < 1.29 is 15.0 Å². The highest BCUT2D eigenvalue weighted by molar-refractivity contribution is 5.82. The lowest BCUT2D eigenvalue weighted by Crippen LogP contribution is -2.55. The van der Waals surface area contributed by atoms with Crippen molar-refractivity contribution in [1.29, 1.82) is 0 Å². The Bertz CT molecular complexity index is 511. The minimum atomic E-state index is -0.479. The Kier molecular flexibility index (Phi) is 3.81. The van der Waals surface area contributed by atoms with E-state index in [-0.39, 0.29) is 34.6 Å². The Hall–Kier alpha value is -0.670. The number of hydrogen-bond donors (Lipinski definition) is 2. The molecule has 3 aliphatic rings. The smallest absolute Gasteiger partial charge is 0.135 e. The number of Topliss-reactive ketones (excluding diaryl/α,β-unsaturated/α-hetero) is 1. The molecule has 22 heavy (non-hydrogen) atoms. The molecule has 0 aromatic rings. The highest BCUT2D eigenvalue weighted by Gasteiger charge is 2.57. The summed E-state index contributed by atoms with van der Waals surface area (Å²) < 4.78 is 0. The Morgan fingerprint density at radius 1 is 1.23 bits per heavy atom. The van der Waals surface area contributed by atoms with E-state index in [1.54, 1.807) is 6.92 Å². The van der Waals surface area contributed by atoms with Crippen LogP contribution in [0.4, 0.5) is 0 Å². The summed E-state index contributed by atoms with van der Waals surface area (Å²) in [6, 6.07) is 0. The zero-order chi connectivity index (χ0) is 16.3. The second kappa shape index (κ2) is 5.17. The van der Waals surface area contributed by atoms with Crippen molar-refractivity contribution in [2.75, 3.05) is 0 Å². The second-order valence-electron chi connectivity index (χ2n) is 8.48. The number of carbonyl (C=O) groups is 1. The third kappa shape index (κ3) is 2.12.